The molecule has 0 spiro atoms. The average Bonchev–Trinajstić information content (AvgIpc) is 2.27. The summed E-state index contributed by atoms with van der Waals surface area (Å²) in [4.78, 5) is 14.7. The van der Waals surface area contributed by atoms with Crippen molar-refractivity contribution in [1.82, 2.24) is 4.98 Å². The number of rotatable bonds is 5. The van der Waals surface area contributed by atoms with E-state index >= 15 is 0 Å². The fraction of sp³-hybridized carbons (Fsp3) is 0.455. The number of carbonyl (C=O) groups is 1. The number of hydrogen-bond donors (Lipinski definition) is 2. The van der Waals surface area contributed by atoms with Gasteiger partial charge in [0.2, 0.25) is 0 Å². The maximum atomic E-state index is 10.8. The van der Waals surface area contributed by atoms with Gasteiger partial charge in [-0.15, -0.1) is 0 Å². The van der Waals surface area contributed by atoms with Crippen LogP contribution in [0.15, 0.2) is 12.1 Å². The van der Waals surface area contributed by atoms with E-state index in [0.29, 0.717) is 11.7 Å². The highest BCUT2D eigenvalue weighted by Gasteiger charge is 2.11. The molecule has 16 heavy (non-hydrogen) atoms. The first-order valence-corrected chi connectivity index (χ1v) is 5.56. The molecule has 0 radical (unpaired) electrons. The largest absolute Gasteiger partial charge is 0.476 e. The molecule has 0 bridgehead atoms. The molecule has 0 aliphatic heterocycles. The molecule has 4 nitrogen and oxygen atoms in total. The Kier molecular flexibility index (Phi) is 4.55. The van der Waals surface area contributed by atoms with E-state index in [1.165, 1.54) is 6.07 Å². The summed E-state index contributed by atoms with van der Waals surface area (Å²) in [6, 6.07) is 3.22. The Morgan fingerprint density at radius 1 is 1.62 bits per heavy atom. The number of carboxylic acids is 1. The highest BCUT2D eigenvalue weighted by molar-refractivity contribution is 6.33. The first-order chi connectivity index (χ1) is 7.54. The number of carboxylic acid groups (broad SMARTS) is 1. The van der Waals surface area contributed by atoms with E-state index in [0.717, 1.165) is 13.0 Å². The van der Waals surface area contributed by atoms with Gasteiger partial charge < -0.3 is 10.4 Å². The number of aromatic carboxylic acids is 1. The van der Waals surface area contributed by atoms with Crippen molar-refractivity contribution in [2.24, 2.45) is 5.92 Å². The van der Waals surface area contributed by atoms with Crippen molar-refractivity contribution < 1.29 is 9.90 Å². The quantitative estimate of drug-likeness (QED) is 0.834. The molecule has 0 amide bonds. The first-order valence-electron chi connectivity index (χ1n) is 5.18. The number of halogens is 1. The number of pyridine rings is 1. The van der Waals surface area contributed by atoms with E-state index in [4.69, 9.17) is 16.7 Å². The molecule has 0 fully saturated rings. The van der Waals surface area contributed by atoms with Crippen LogP contribution in [0.2, 0.25) is 5.02 Å². The summed E-state index contributed by atoms with van der Waals surface area (Å²) in [5.41, 5.74) is -0.115. The Hall–Kier alpha value is -1.29. The minimum absolute atomic E-state index is 0.115. The number of hydrogen-bond acceptors (Lipinski definition) is 3. The number of nitrogens with zero attached hydrogens (tertiary/aromatic N) is 1. The highest BCUT2D eigenvalue weighted by atomic mass is 35.5. The predicted molar refractivity (Wildman–Crippen MR) is 64.2 cm³/mol. The topological polar surface area (TPSA) is 62.2 Å². The van der Waals surface area contributed by atoms with Crippen molar-refractivity contribution in [2.45, 2.75) is 20.3 Å². The summed E-state index contributed by atoms with van der Waals surface area (Å²) in [6.45, 7) is 4.98. The van der Waals surface area contributed by atoms with Crippen LogP contribution in [0.5, 0.6) is 0 Å². The molecule has 1 rings (SSSR count). The van der Waals surface area contributed by atoms with E-state index in [2.05, 4.69) is 24.1 Å². The van der Waals surface area contributed by atoms with Gasteiger partial charge in [-0.25, -0.2) is 9.78 Å². The molecule has 1 aromatic rings. The van der Waals surface area contributed by atoms with Crippen molar-refractivity contribution in [1.29, 1.82) is 0 Å². The molecule has 0 aromatic carbocycles. The molecule has 0 aliphatic carbocycles. The second kappa shape index (κ2) is 5.70. The van der Waals surface area contributed by atoms with Crippen LogP contribution in [0, 0.1) is 5.92 Å². The zero-order chi connectivity index (χ0) is 12.1. The van der Waals surface area contributed by atoms with E-state index in [9.17, 15) is 4.79 Å². The van der Waals surface area contributed by atoms with Crippen LogP contribution in [0.4, 0.5) is 5.82 Å². The SMILES string of the molecule is CCC(C)CNc1ccc(Cl)c(C(=O)O)n1. The summed E-state index contributed by atoms with van der Waals surface area (Å²) in [6.07, 6.45) is 1.06. The number of aromatic nitrogens is 1. The Morgan fingerprint density at radius 3 is 2.88 bits per heavy atom. The molecular weight excluding hydrogens is 228 g/mol. The first kappa shape index (κ1) is 12.8. The van der Waals surface area contributed by atoms with Gasteiger partial charge in [0.05, 0.1) is 5.02 Å². The third-order valence-corrected chi connectivity index (χ3v) is 2.68. The monoisotopic (exact) mass is 242 g/mol. The van der Waals surface area contributed by atoms with Crippen molar-refractivity contribution >= 4 is 23.4 Å². The number of nitrogens with one attached hydrogen (secondary N) is 1. The van der Waals surface area contributed by atoms with Gasteiger partial charge in [-0.1, -0.05) is 31.9 Å². The van der Waals surface area contributed by atoms with Crippen LogP contribution >= 0.6 is 11.6 Å². The molecule has 0 saturated heterocycles. The van der Waals surface area contributed by atoms with Crippen LogP contribution in [-0.4, -0.2) is 22.6 Å². The van der Waals surface area contributed by atoms with Gasteiger partial charge in [-0.05, 0) is 18.1 Å². The standard InChI is InChI=1S/C11H15ClN2O2/c1-3-7(2)6-13-9-5-4-8(12)10(14-9)11(15)16/h4-5,7H,3,6H2,1-2H3,(H,13,14)(H,15,16). The van der Waals surface area contributed by atoms with Crippen molar-refractivity contribution in [3.05, 3.63) is 22.8 Å². The predicted octanol–water partition coefficient (Wildman–Crippen LogP) is 2.89. The van der Waals surface area contributed by atoms with Gasteiger partial charge >= 0.3 is 5.97 Å². The molecule has 1 aromatic heterocycles. The molecule has 0 aliphatic rings. The summed E-state index contributed by atoms with van der Waals surface area (Å²) in [5.74, 6) is -0.0509. The van der Waals surface area contributed by atoms with E-state index in [-0.39, 0.29) is 10.7 Å². The van der Waals surface area contributed by atoms with Gasteiger partial charge in [0.25, 0.3) is 0 Å². The molecule has 88 valence electrons. The Labute approximate surface area is 99.6 Å². The Bertz CT molecular complexity index is 382. The van der Waals surface area contributed by atoms with Gasteiger partial charge in [0.15, 0.2) is 5.69 Å². The molecular formula is C11H15ClN2O2. The molecule has 0 saturated carbocycles. The lowest BCUT2D eigenvalue weighted by Gasteiger charge is -2.11. The third kappa shape index (κ3) is 3.38. The van der Waals surface area contributed by atoms with E-state index < -0.39 is 5.97 Å². The van der Waals surface area contributed by atoms with Crippen molar-refractivity contribution in [3.63, 3.8) is 0 Å². The summed E-state index contributed by atoms with van der Waals surface area (Å²) >= 11 is 5.71. The lowest BCUT2D eigenvalue weighted by Crippen LogP contribution is -2.12. The van der Waals surface area contributed by atoms with E-state index in [1.807, 2.05) is 0 Å². The summed E-state index contributed by atoms with van der Waals surface area (Å²) in [7, 11) is 0. The Balaban J connectivity index is 2.75. The average molecular weight is 243 g/mol. The van der Waals surface area contributed by atoms with Crippen LogP contribution in [-0.2, 0) is 0 Å². The van der Waals surface area contributed by atoms with Crippen LogP contribution in [0.25, 0.3) is 0 Å². The maximum absolute atomic E-state index is 10.8. The summed E-state index contributed by atoms with van der Waals surface area (Å²) in [5, 5.41) is 12.1. The van der Waals surface area contributed by atoms with Gasteiger partial charge in [-0.2, -0.15) is 0 Å². The summed E-state index contributed by atoms with van der Waals surface area (Å²) < 4.78 is 0. The van der Waals surface area contributed by atoms with Crippen LogP contribution < -0.4 is 5.32 Å². The highest BCUT2D eigenvalue weighted by Crippen LogP contribution is 2.17. The minimum Gasteiger partial charge on any atom is -0.476 e. The fourth-order valence-corrected chi connectivity index (χ4v) is 1.30. The molecule has 5 heteroatoms. The second-order valence-electron chi connectivity index (χ2n) is 3.73. The van der Waals surface area contributed by atoms with Gasteiger partial charge in [-0.3, -0.25) is 0 Å². The van der Waals surface area contributed by atoms with Gasteiger partial charge in [0, 0.05) is 6.54 Å². The smallest absolute Gasteiger partial charge is 0.356 e. The molecule has 2 N–H and O–H groups in total. The number of anilines is 1. The third-order valence-electron chi connectivity index (χ3n) is 2.38. The minimum atomic E-state index is -1.11. The van der Waals surface area contributed by atoms with Crippen LogP contribution in [0.1, 0.15) is 30.8 Å². The fourth-order valence-electron chi connectivity index (χ4n) is 1.11. The van der Waals surface area contributed by atoms with Gasteiger partial charge in [0.1, 0.15) is 5.82 Å². The van der Waals surface area contributed by atoms with Crippen molar-refractivity contribution in [3.8, 4) is 0 Å². The van der Waals surface area contributed by atoms with Crippen molar-refractivity contribution in [2.75, 3.05) is 11.9 Å². The molecule has 1 heterocycles. The lowest BCUT2D eigenvalue weighted by molar-refractivity contribution is 0.0691. The van der Waals surface area contributed by atoms with E-state index in [1.54, 1.807) is 6.07 Å². The molecule has 1 atom stereocenters. The normalized spacial score (nSPS) is 12.2. The zero-order valence-corrected chi connectivity index (χ0v) is 10.1. The van der Waals surface area contributed by atoms with Crippen LogP contribution in [0.3, 0.4) is 0 Å². The zero-order valence-electron chi connectivity index (χ0n) is 9.33. The molecule has 1 unspecified atom stereocenters. The maximum Gasteiger partial charge on any atom is 0.356 e. The second-order valence-corrected chi connectivity index (χ2v) is 4.13. The lowest BCUT2D eigenvalue weighted by atomic mass is 10.1. The Morgan fingerprint density at radius 2 is 2.31 bits per heavy atom.